The molecular weight excluding hydrogens is 220 g/mol. The van der Waals surface area contributed by atoms with Crippen molar-refractivity contribution in [2.75, 3.05) is 11.2 Å². The van der Waals surface area contributed by atoms with E-state index in [-0.39, 0.29) is 0 Å². The van der Waals surface area contributed by atoms with Gasteiger partial charge in [0.15, 0.2) is 0 Å². The highest BCUT2D eigenvalue weighted by molar-refractivity contribution is 6.18. The van der Waals surface area contributed by atoms with E-state index in [1.807, 2.05) is 0 Å². The molecule has 0 radical (unpaired) electrons. The predicted molar refractivity (Wildman–Crippen MR) is 69.2 cm³/mol. The summed E-state index contributed by atoms with van der Waals surface area (Å²) in [4.78, 5) is 4.65. The first-order valence-corrected chi connectivity index (χ1v) is 6.55. The highest BCUT2D eigenvalue weighted by Gasteiger charge is 2.15. The molecule has 1 atom stereocenters. The van der Waals surface area contributed by atoms with Gasteiger partial charge in [0.2, 0.25) is 0 Å². The SMILES string of the molecule is CC(C)C(CCl)Nc1ccc2c(n1)CCC2. The van der Waals surface area contributed by atoms with Gasteiger partial charge in [-0.15, -0.1) is 11.6 Å². The Labute approximate surface area is 102 Å². The van der Waals surface area contributed by atoms with E-state index in [4.69, 9.17) is 11.6 Å². The van der Waals surface area contributed by atoms with Crippen LogP contribution in [0, 0.1) is 5.92 Å². The monoisotopic (exact) mass is 238 g/mol. The van der Waals surface area contributed by atoms with Gasteiger partial charge in [-0.25, -0.2) is 4.98 Å². The van der Waals surface area contributed by atoms with Crippen LogP contribution in [0.3, 0.4) is 0 Å². The van der Waals surface area contributed by atoms with Gasteiger partial charge in [0.05, 0.1) is 0 Å². The second kappa shape index (κ2) is 5.05. The Morgan fingerprint density at radius 2 is 2.19 bits per heavy atom. The van der Waals surface area contributed by atoms with Crippen LogP contribution in [-0.2, 0) is 12.8 Å². The Hall–Kier alpha value is -0.760. The summed E-state index contributed by atoms with van der Waals surface area (Å²) < 4.78 is 0. The maximum atomic E-state index is 5.94. The molecule has 0 saturated carbocycles. The van der Waals surface area contributed by atoms with Gasteiger partial charge in [-0.3, -0.25) is 0 Å². The smallest absolute Gasteiger partial charge is 0.126 e. The van der Waals surface area contributed by atoms with Gasteiger partial charge in [-0.1, -0.05) is 19.9 Å². The van der Waals surface area contributed by atoms with Gasteiger partial charge in [-0.05, 0) is 36.8 Å². The standard InChI is InChI=1S/C13H19ClN2/c1-9(2)12(8-14)16-13-7-6-10-4-3-5-11(10)15-13/h6-7,9,12H,3-5,8H2,1-2H3,(H,15,16). The van der Waals surface area contributed by atoms with Crippen molar-refractivity contribution in [3.63, 3.8) is 0 Å². The fourth-order valence-electron chi connectivity index (χ4n) is 2.07. The van der Waals surface area contributed by atoms with Crippen molar-refractivity contribution in [2.45, 2.75) is 39.2 Å². The lowest BCUT2D eigenvalue weighted by Gasteiger charge is -2.20. The summed E-state index contributed by atoms with van der Waals surface area (Å²) in [6.45, 7) is 4.35. The summed E-state index contributed by atoms with van der Waals surface area (Å²) in [5, 5.41) is 3.41. The van der Waals surface area contributed by atoms with Crippen LogP contribution in [0.15, 0.2) is 12.1 Å². The first-order valence-electron chi connectivity index (χ1n) is 6.02. The van der Waals surface area contributed by atoms with E-state index in [9.17, 15) is 0 Å². The van der Waals surface area contributed by atoms with Gasteiger partial charge in [0.25, 0.3) is 0 Å². The molecule has 0 amide bonds. The Bertz CT molecular complexity index is 363. The van der Waals surface area contributed by atoms with Crippen LogP contribution in [0.2, 0.25) is 0 Å². The number of pyridine rings is 1. The van der Waals surface area contributed by atoms with Gasteiger partial charge < -0.3 is 5.32 Å². The maximum absolute atomic E-state index is 5.94. The molecule has 0 spiro atoms. The molecule has 1 aliphatic rings. The number of anilines is 1. The van der Waals surface area contributed by atoms with E-state index in [1.165, 1.54) is 24.1 Å². The fraction of sp³-hybridized carbons (Fsp3) is 0.615. The van der Waals surface area contributed by atoms with Gasteiger partial charge in [0, 0.05) is 17.6 Å². The molecule has 0 saturated heterocycles. The van der Waals surface area contributed by atoms with Crippen molar-refractivity contribution in [1.82, 2.24) is 4.98 Å². The third-order valence-electron chi connectivity index (χ3n) is 3.23. The van der Waals surface area contributed by atoms with Gasteiger partial charge >= 0.3 is 0 Å². The van der Waals surface area contributed by atoms with E-state index in [0.29, 0.717) is 17.8 Å². The largest absolute Gasteiger partial charge is 0.366 e. The van der Waals surface area contributed by atoms with Crippen LogP contribution in [0.25, 0.3) is 0 Å². The Morgan fingerprint density at radius 1 is 1.38 bits per heavy atom. The van der Waals surface area contributed by atoms with Crippen LogP contribution in [-0.4, -0.2) is 16.9 Å². The Morgan fingerprint density at radius 3 is 2.88 bits per heavy atom. The molecule has 1 aromatic rings. The van der Waals surface area contributed by atoms with Crippen molar-refractivity contribution < 1.29 is 0 Å². The topological polar surface area (TPSA) is 24.9 Å². The Balaban J connectivity index is 2.10. The van der Waals surface area contributed by atoms with Gasteiger partial charge in [0.1, 0.15) is 5.82 Å². The van der Waals surface area contributed by atoms with Crippen LogP contribution >= 0.6 is 11.6 Å². The number of aromatic nitrogens is 1. The third-order valence-corrected chi connectivity index (χ3v) is 3.56. The summed E-state index contributed by atoms with van der Waals surface area (Å²) in [6, 6.07) is 4.57. The molecule has 0 bridgehead atoms. The summed E-state index contributed by atoms with van der Waals surface area (Å²) >= 11 is 5.94. The molecule has 2 rings (SSSR count). The predicted octanol–water partition coefficient (Wildman–Crippen LogP) is 3.25. The quantitative estimate of drug-likeness (QED) is 0.815. The highest BCUT2D eigenvalue weighted by Crippen LogP contribution is 2.22. The normalized spacial score (nSPS) is 16.2. The van der Waals surface area contributed by atoms with E-state index < -0.39 is 0 Å². The van der Waals surface area contributed by atoms with Crippen LogP contribution in [0.5, 0.6) is 0 Å². The van der Waals surface area contributed by atoms with E-state index in [2.05, 4.69) is 36.3 Å². The minimum atomic E-state index is 0.300. The minimum Gasteiger partial charge on any atom is -0.366 e. The fourth-order valence-corrected chi connectivity index (χ4v) is 2.51. The lowest BCUT2D eigenvalue weighted by molar-refractivity contribution is 0.562. The number of rotatable bonds is 4. The molecule has 3 heteroatoms. The number of aryl methyl sites for hydroxylation is 2. The summed E-state index contributed by atoms with van der Waals surface area (Å²) in [5.74, 6) is 2.11. The second-order valence-corrected chi connectivity index (χ2v) is 5.11. The minimum absolute atomic E-state index is 0.300. The van der Waals surface area contributed by atoms with E-state index in [1.54, 1.807) is 0 Å². The highest BCUT2D eigenvalue weighted by atomic mass is 35.5. The van der Waals surface area contributed by atoms with Crippen molar-refractivity contribution in [1.29, 1.82) is 0 Å². The molecule has 16 heavy (non-hydrogen) atoms. The maximum Gasteiger partial charge on any atom is 0.126 e. The molecule has 2 nitrogen and oxygen atoms in total. The molecule has 1 unspecified atom stereocenters. The molecule has 0 fully saturated rings. The van der Waals surface area contributed by atoms with E-state index >= 15 is 0 Å². The number of nitrogens with zero attached hydrogens (tertiary/aromatic N) is 1. The van der Waals surface area contributed by atoms with Crippen molar-refractivity contribution >= 4 is 17.4 Å². The zero-order valence-electron chi connectivity index (χ0n) is 9.96. The molecule has 0 aliphatic heterocycles. The molecule has 1 N–H and O–H groups in total. The summed E-state index contributed by atoms with van der Waals surface area (Å²) in [6.07, 6.45) is 3.55. The molecule has 1 heterocycles. The van der Waals surface area contributed by atoms with Gasteiger partial charge in [-0.2, -0.15) is 0 Å². The average molecular weight is 239 g/mol. The Kier molecular flexibility index (Phi) is 3.70. The number of alkyl halides is 1. The average Bonchev–Trinajstić information content (AvgIpc) is 2.72. The lowest BCUT2D eigenvalue weighted by Crippen LogP contribution is -2.27. The lowest BCUT2D eigenvalue weighted by atomic mass is 10.1. The zero-order chi connectivity index (χ0) is 11.5. The number of hydrogen-bond acceptors (Lipinski definition) is 2. The zero-order valence-corrected chi connectivity index (χ0v) is 10.7. The van der Waals surface area contributed by atoms with E-state index in [0.717, 1.165) is 12.2 Å². The third kappa shape index (κ3) is 2.49. The molecular formula is C13H19ClN2. The number of halogens is 1. The first kappa shape index (κ1) is 11.7. The summed E-state index contributed by atoms with van der Waals surface area (Å²) in [5.41, 5.74) is 2.68. The van der Waals surface area contributed by atoms with Crippen LogP contribution in [0.1, 0.15) is 31.5 Å². The first-order chi connectivity index (χ1) is 7.70. The molecule has 0 aromatic carbocycles. The second-order valence-electron chi connectivity index (χ2n) is 4.81. The van der Waals surface area contributed by atoms with Crippen LogP contribution in [0.4, 0.5) is 5.82 Å². The molecule has 88 valence electrons. The number of nitrogens with one attached hydrogen (secondary N) is 1. The van der Waals surface area contributed by atoms with Crippen molar-refractivity contribution in [3.8, 4) is 0 Å². The molecule has 1 aromatic heterocycles. The number of hydrogen-bond donors (Lipinski definition) is 1. The number of fused-ring (bicyclic) bond motifs is 1. The molecule has 1 aliphatic carbocycles. The van der Waals surface area contributed by atoms with Crippen LogP contribution < -0.4 is 5.32 Å². The summed E-state index contributed by atoms with van der Waals surface area (Å²) in [7, 11) is 0. The van der Waals surface area contributed by atoms with Crippen molar-refractivity contribution in [3.05, 3.63) is 23.4 Å². The van der Waals surface area contributed by atoms with Crippen molar-refractivity contribution in [2.24, 2.45) is 5.92 Å².